The van der Waals surface area contributed by atoms with Gasteiger partial charge in [-0.1, -0.05) is 0 Å². The van der Waals surface area contributed by atoms with E-state index in [2.05, 4.69) is 6.07 Å². The van der Waals surface area contributed by atoms with Crippen molar-refractivity contribution < 1.29 is 24.2 Å². The predicted octanol–water partition coefficient (Wildman–Crippen LogP) is 4.54. The van der Waals surface area contributed by atoms with Crippen LogP contribution in [0.3, 0.4) is 0 Å². The second-order valence-electron chi connectivity index (χ2n) is 9.97. The molecular formula is C24H38INO5. The maximum absolute atomic E-state index is 12.9. The van der Waals surface area contributed by atoms with Crippen molar-refractivity contribution in [3.05, 3.63) is 29.8 Å². The minimum absolute atomic E-state index is 0.0929. The number of carbonyl (C=O) groups is 2. The topological polar surface area (TPSA) is 76.1 Å². The Balaban J connectivity index is 2.10. The molecule has 0 amide bonds. The number of methoxy groups -OCH3 is 1. The van der Waals surface area contributed by atoms with Crippen molar-refractivity contribution in [3.63, 3.8) is 0 Å². The van der Waals surface area contributed by atoms with Crippen LogP contribution >= 0.6 is 19.8 Å². The van der Waals surface area contributed by atoms with Gasteiger partial charge in [-0.05, 0) is 0 Å². The van der Waals surface area contributed by atoms with Crippen molar-refractivity contribution >= 4 is 35.3 Å². The van der Waals surface area contributed by atoms with E-state index in [1.807, 2.05) is 64.6 Å². The van der Waals surface area contributed by atoms with Gasteiger partial charge >= 0.3 is 194 Å². The zero-order valence-corrected chi connectivity index (χ0v) is 22.1. The van der Waals surface area contributed by atoms with E-state index in [1.165, 1.54) is 12.7 Å². The van der Waals surface area contributed by atoms with Gasteiger partial charge in [-0.3, -0.25) is 0 Å². The summed E-state index contributed by atoms with van der Waals surface area (Å²) >= 11 is -2.18. The molecule has 2 rings (SSSR count). The van der Waals surface area contributed by atoms with Crippen LogP contribution in [0.5, 0.6) is 0 Å². The zero-order chi connectivity index (χ0) is 23.4. The quantitative estimate of drug-likeness (QED) is 0.161. The van der Waals surface area contributed by atoms with Gasteiger partial charge < -0.3 is 0 Å². The summed E-state index contributed by atoms with van der Waals surface area (Å²) in [6, 6.07) is 8.18. The maximum atomic E-state index is 12.9. The van der Waals surface area contributed by atoms with Gasteiger partial charge in [0.1, 0.15) is 0 Å². The summed E-state index contributed by atoms with van der Waals surface area (Å²) in [6.45, 7) is 11.5. The molecule has 176 valence electrons. The van der Waals surface area contributed by atoms with Gasteiger partial charge in [0.05, 0.1) is 0 Å². The molecule has 6 nitrogen and oxygen atoms in total. The molecule has 1 heterocycles. The van der Waals surface area contributed by atoms with Crippen molar-refractivity contribution in [3.8, 4) is 0 Å². The fourth-order valence-corrected chi connectivity index (χ4v) is 9.60. The Bertz CT molecular complexity index is 768. The molecule has 7 heteroatoms. The first-order valence-corrected chi connectivity index (χ1v) is 14.9. The van der Waals surface area contributed by atoms with E-state index in [4.69, 9.17) is 9.47 Å². The van der Waals surface area contributed by atoms with Gasteiger partial charge in [-0.15, -0.1) is 0 Å². The molecule has 0 saturated heterocycles. The van der Waals surface area contributed by atoms with Gasteiger partial charge in [0.25, 0.3) is 0 Å². The average molecular weight is 547 g/mol. The number of benzene rings is 1. The number of anilines is 1. The fourth-order valence-electron chi connectivity index (χ4n) is 3.67. The number of alkyl halides is 2. The van der Waals surface area contributed by atoms with Crippen LogP contribution in [-0.2, 0) is 25.5 Å². The molecule has 2 unspecified atom stereocenters. The SMILES string of the molecule is COC(=O)CI(CCCC1Cc2ccccc2N1C(O)OC(C)(C)C)C(=O)C(C)(C)C. The Labute approximate surface area is 194 Å². The molecule has 0 aromatic heterocycles. The van der Waals surface area contributed by atoms with E-state index < -0.39 is 37.2 Å². The van der Waals surface area contributed by atoms with Crippen molar-refractivity contribution in [2.75, 3.05) is 20.9 Å². The predicted molar refractivity (Wildman–Crippen MR) is 133 cm³/mol. The van der Waals surface area contributed by atoms with Crippen LogP contribution in [0.15, 0.2) is 24.3 Å². The Morgan fingerprint density at radius 3 is 2.42 bits per heavy atom. The average Bonchev–Trinajstić information content (AvgIpc) is 3.02. The molecule has 31 heavy (non-hydrogen) atoms. The van der Waals surface area contributed by atoms with Crippen molar-refractivity contribution in [2.45, 2.75) is 78.9 Å². The number of esters is 1. The zero-order valence-electron chi connectivity index (χ0n) is 19.9. The first kappa shape index (κ1) is 26.1. The standard InChI is InChI=1S/C24H38INO5/c1-23(2,3)21(28)25(16-20(27)30-7)14-10-12-18-15-17-11-8-9-13-19(17)26(18)22(29)31-24(4,5)6/h8-9,11,13,18,22,29H,10,12,14-16H2,1-7H3. The van der Waals surface area contributed by atoms with Crippen LogP contribution in [0.25, 0.3) is 0 Å². The first-order chi connectivity index (χ1) is 14.3. The van der Waals surface area contributed by atoms with Gasteiger partial charge in [-0.2, -0.15) is 0 Å². The Morgan fingerprint density at radius 2 is 1.84 bits per heavy atom. The molecule has 1 aromatic carbocycles. The molecule has 1 aliphatic rings. The number of para-hydroxylation sites is 1. The van der Waals surface area contributed by atoms with Crippen molar-refractivity contribution in [1.29, 1.82) is 0 Å². The number of hydrogen-bond acceptors (Lipinski definition) is 6. The minimum atomic E-state index is -2.18. The van der Waals surface area contributed by atoms with E-state index in [-0.39, 0.29) is 20.2 Å². The van der Waals surface area contributed by atoms with Gasteiger partial charge in [0.15, 0.2) is 0 Å². The molecular weight excluding hydrogens is 509 g/mol. The van der Waals surface area contributed by atoms with Crippen LogP contribution < -0.4 is 4.90 Å². The number of halogens is 1. The van der Waals surface area contributed by atoms with Crippen LogP contribution in [-0.4, -0.2) is 48.9 Å². The van der Waals surface area contributed by atoms with Gasteiger partial charge in [0, 0.05) is 0 Å². The first-order valence-electron chi connectivity index (χ1n) is 10.8. The summed E-state index contributed by atoms with van der Waals surface area (Å²) in [5.41, 5.74) is 1.28. The Kier molecular flexibility index (Phi) is 8.93. The molecule has 0 bridgehead atoms. The number of ether oxygens (including phenoxy) is 2. The summed E-state index contributed by atoms with van der Waals surface area (Å²) in [7, 11) is 1.38. The fraction of sp³-hybridized carbons (Fsp3) is 0.667. The molecule has 1 aromatic rings. The monoisotopic (exact) mass is 547 g/mol. The van der Waals surface area contributed by atoms with E-state index in [0.717, 1.165) is 29.4 Å². The second-order valence-corrected chi connectivity index (χ2v) is 15.4. The number of rotatable bonds is 9. The summed E-state index contributed by atoms with van der Waals surface area (Å²) < 4.78 is 12.0. The molecule has 0 radical (unpaired) electrons. The van der Waals surface area contributed by atoms with Crippen LogP contribution in [0, 0.1) is 5.41 Å². The van der Waals surface area contributed by atoms with Crippen LogP contribution in [0.4, 0.5) is 5.69 Å². The van der Waals surface area contributed by atoms with E-state index in [0.29, 0.717) is 0 Å². The molecule has 1 aliphatic heterocycles. The summed E-state index contributed by atoms with van der Waals surface area (Å²) in [4.78, 5) is 26.8. The van der Waals surface area contributed by atoms with E-state index >= 15 is 0 Å². The second kappa shape index (κ2) is 10.6. The number of aliphatic hydroxyl groups is 1. The molecule has 1 N–H and O–H groups in total. The van der Waals surface area contributed by atoms with Crippen molar-refractivity contribution in [1.82, 2.24) is 0 Å². The molecule has 0 aliphatic carbocycles. The Hall–Kier alpha value is -1.19. The third-order valence-electron chi connectivity index (χ3n) is 5.05. The number of fused-ring (bicyclic) bond motifs is 1. The molecule has 0 spiro atoms. The van der Waals surface area contributed by atoms with E-state index in [1.54, 1.807) is 0 Å². The third-order valence-corrected chi connectivity index (χ3v) is 11.7. The molecule has 0 fully saturated rings. The van der Waals surface area contributed by atoms with Crippen LogP contribution in [0.1, 0.15) is 59.9 Å². The number of aliphatic hydroxyl groups excluding tert-OH is 1. The van der Waals surface area contributed by atoms with Crippen LogP contribution in [0.2, 0.25) is 0 Å². The van der Waals surface area contributed by atoms with Gasteiger partial charge in [-0.25, -0.2) is 0 Å². The number of nitrogens with zero attached hydrogens (tertiary/aromatic N) is 1. The Morgan fingerprint density at radius 1 is 1.19 bits per heavy atom. The summed E-state index contributed by atoms with van der Waals surface area (Å²) in [5.74, 6) is -0.285. The van der Waals surface area contributed by atoms with Gasteiger partial charge in [0.2, 0.25) is 0 Å². The number of hydrogen-bond donors (Lipinski definition) is 1. The molecule has 0 saturated carbocycles. The van der Waals surface area contributed by atoms with E-state index in [9.17, 15) is 14.7 Å². The van der Waals surface area contributed by atoms with Crippen molar-refractivity contribution in [2.24, 2.45) is 5.41 Å². The third kappa shape index (κ3) is 7.43. The molecule has 2 atom stereocenters. The number of carbonyl (C=O) groups excluding carboxylic acids is 2. The normalized spacial score (nSPS) is 17.9. The summed E-state index contributed by atoms with van der Waals surface area (Å²) in [6.07, 6.45) is 1.46. The summed E-state index contributed by atoms with van der Waals surface area (Å²) in [5, 5.41) is 10.9.